The topological polar surface area (TPSA) is 104 Å². The molecule has 1 rings (SSSR count). The number of nitrogens with zero attached hydrogens (tertiary/aromatic N) is 1. The molecule has 0 aromatic heterocycles. The van der Waals surface area contributed by atoms with Crippen molar-refractivity contribution in [3.8, 4) is 0 Å². The first kappa shape index (κ1) is 13.9. The van der Waals surface area contributed by atoms with Gasteiger partial charge >= 0.3 is 5.97 Å². The van der Waals surface area contributed by atoms with Crippen LogP contribution >= 0.6 is 0 Å². The van der Waals surface area contributed by atoms with Gasteiger partial charge in [-0.3, -0.25) is 4.79 Å². The summed E-state index contributed by atoms with van der Waals surface area (Å²) in [5.41, 5.74) is 5.74. The van der Waals surface area contributed by atoms with Crippen molar-refractivity contribution < 1.29 is 19.8 Å². The third-order valence-electron chi connectivity index (χ3n) is 2.89. The Morgan fingerprint density at radius 2 is 2.06 bits per heavy atom. The van der Waals surface area contributed by atoms with Gasteiger partial charge in [-0.25, -0.2) is 4.79 Å². The summed E-state index contributed by atoms with van der Waals surface area (Å²) in [6, 6.07) is -1.64. The number of amides is 1. The molecule has 6 heteroatoms. The lowest BCUT2D eigenvalue weighted by Crippen LogP contribution is -2.49. The molecule has 0 radical (unpaired) electrons. The van der Waals surface area contributed by atoms with E-state index in [0.29, 0.717) is 6.42 Å². The van der Waals surface area contributed by atoms with E-state index in [1.807, 2.05) is 13.8 Å². The molecule has 17 heavy (non-hydrogen) atoms. The minimum absolute atomic E-state index is 0.0571. The van der Waals surface area contributed by atoms with Crippen molar-refractivity contribution >= 4 is 11.9 Å². The van der Waals surface area contributed by atoms with Crippen molar-refractivity contribution in [3.63, 3.8) is 0 Å². The molecule has 0 aromatic rings. The van der Waals surface area contributed by atoms with Crippen LogP contribution in [0.2, 0.25) is 0 Å². The number of aliphatic hydroxyl groups is 1. The summed E-state index contributed by atoms with van der Waals surface area (Å²) in [6.45, 7) is 3.95. The average Bonchev–Trinajstić information content (AvgIpc) is 2.58. The van der Waals surface area contributed by atoms with Gasteiger partial charge in [-0.15, -0.1) is 0 Å². The predicted octanol–water partition coefficient (Wildman–Crippen LogP) is -0.594. The molecular weight excluding hydrogens is 224 g/mol. The molecule has 1 fully saturated rings. The Morgan fingerprint density at radius 1 is 1.47 bits per heavy atom. The summed E-state index contributed by atoms with van der Waals surface area (Å²) in [5, 5.41) is 18.4. The van der Waals surface area contributed by atoms with E-state index in [4.69, 9.17) is 10.8 Å². The van der Waals surface area contributed by atoms with Crippen LogP contribution in [0.25, 0.3) is 0 Å². The number of carbonyl (C=O) groups excluding carboxylic acids is 1. The van der Waals surface area contributed by atoms with Gasteiger partial charge in [0.1, 0.15) is 6.04 Å². The van der Waals surface area contributed by atoms with Crippen LogP contribution in [0, 0.1) is 5.92 Å². The van der Waals surface area contributed by atoms with E-state index in [2.05, 4.69) is 0 Å². The van der Waals surface area contributed by atoms with E-state index in [0.717, 1.165) is 0 Å². The molecule has 0 aliphatic carbocycles. The third kappa shape index (κ3) is 3.41. The smallest absolute Gasteiger partial charge is 0.326 e. The first-order chi connectivity index (χ1) is 7.82. The number of likely N-dealkylation sites (tertiary alicyclic amines) is 1. The number of aliphatic carboxylic acids is 1. The number of carboxylic acids is 1. The number of nitrogens with two attached hydrogens (primary N) is 1. The van der Waals surface area contributed by atoms with E-state index >= 15 is 0 Å². The molecule has 1 saturated heterocycles. The van der Waals surface area contributed by atoms with E-state index in [9.17, 15) is 14.7 Å². The number of rotatable bonds is 4. The van der Waals surface area contributed by atoms with Crippen LogP contribution in [0.3, 0.4) is 0 Å². The highest BCUT2D eigenvalue weighted by Gasteiger charge is 2.40. The lowest BCUT2D eigenvalue weighted by Gasteiger charge is -2.25. The highest BCUT2D eigenvalue weighted by Crippen LogP contribution is 2.20. The minimum atomic E-state index is -1.09. The van der Waals surface area contributed by atoms with Gasteiger partial charge in [-0.2, -0.15) is 0 Å². The van der Waals surface area contributed by atoms with E-state index in [1.165, 1.54) is 4.90 Å². The summed E-state index contributed by atoms with van der Waals surface area (Å²) < 4.78 is 0. The average molecular weight is 244 g/mol. The zero-order valence-electron chi connectivity index (χ0n) is 10.2. The molecule has 1 heterocycles. The van der Waals surface area contributed by atoms with Crippen LogP contribution in [0.1, 0.15) is 26.7 Å². The molecule has 6 nitrogen and oxygen atoms in total. The fraction of sp³-hybridized carbons (Fsp3) is 0.818. The number of hydrogen-bond donors (Lipinski definition) is 3. The Bertz CT molecular complexity index is 306. The van der Waals surface area contributed by atoms with Gasteiger partial charge < -0.3 is 20.8 Å². The molecule has 4 N–H and O–H groups in total. The van der Waals surface area contributed by atoms with Gasteiger partial charge in [-0.05, 0) is 12.3 Å². The van der Waals surface area contributed by atoms with Crippen molar-refractivity contribution in [2.24, 2.45) is 11.7 Å². The van der Waals surface area contributed by atoms with Crippen molar-refractivity contribution in [3.05, 3.63) is 0 Å². The van der Waals surface area contributed by atoms with Crippen molar-refractivity contribution in [2.75, 3.05) is 6.54 Å². The molecule has 0 saturated carbocycles. The van der Waals surface area contributed by atoms with Crippen LogP contribution < -0.4 is 5.73 Å². The molecule has 0 bridgehead atoms. The SMILES string of the molecule is CC(C)C[C@H](N)C(=O)N1CC(O)CC1C(=O)O. The van der Waals surface area contributed by atoms with Gasteiger partial charge in [0.05, 0.1) is 12.1 Å². The standard InChI is InChI=1S/C11H20N2O4/c1-6(2)3-8(12)10(15)13-5-7(14)4-9(13)11(16)17/h6-9,14H,3-5,12H2,1-2H3,(H,16,17)/t7?,8-,9?/m0/s1. The second-order valence-corrected chi connectivity index (χ2v) is 4.97. The van der Waals surface area contributed by atoms with Gasteiger partial charge in [0.2, 0.25) is 5.91 Å². The Hall–Kier alpha value is -1.14. The van der Waals surface area contributed by atoms with E-state index < -0.39 is 24.2 Å². The highest BCUT2D eigenvalue weighted by atomic mass is 16.4. The quantitative estimate of drug-likeness (QED) is 0.613. The van der Waals surface area contributed by atoms with Crippen LogP contribution in [-0.4, -0.2) is 51.7 Å². The molecule has 1 aliphatic rings. The van der Waals surface area contributed by atoms with Gasteiger partial charge in [0, 0.05) is 13.0 Å². The molecule has 2 unspecified atom stereocenters. The summed E-state index contributed by atoms with van der Waals surface area (Å²) in [4.78, 5) is 24.1. The fourth-order valence-electron chi connectivity index (χ4n) is 2.11. The van der Waals surface area contributed by atoms with Gasteiger partial charge in [-0.1, -0.05) is 13.8 Å². The normalized spacial score (nSPS) is 26.3. The van der Waals surface area contributed by atoms with Gasteiger partial charge in [0.15, 0.2) is 0 Å². The number of carboxylic acid groups (broad SMARTS) is 1. The maximum absolute atomic E-state index is 12.0. The van der Waals surface area contributed by atoms with E-state index in [-0.39, 0.29) is 24.8 Å². The largest absolute Gasteiger partial charge is 0.480 e. The number of hydrogen-bond acceptors (Lipinski definition) is 4. The molecular formula is C11H20N2O4. The zero-order valence-corrected chi connectivity index (χ0v) is 10.2. The lowest BCUT2D eigenvalue weighted by atomic mass is 10.0. The summed E-state index contributed by atoms with van der Waals surface area (Å²) >= 11 is 0. The molecule has 1 aliphatic heterocycles. The maximum Gasteiger partial charge on any atom is 0.326 e. The molecule has 1 amide bonds. The Kier molecular flexibility index (Phi) is 4.47. The molecule has 0 spiro atoms. The minimum Gasteiger partial charge on any atom is -0.480 e. The first-order valence-electron chi connectivity index (χ1n) is 5.79. The second-order valence-electron chi connectivity index (χ2n) is 4.97. The Balaban J connectivity index is 2.70. The number of aliphatic hydroxyl groups excluding tert-OH is 1. The van der Waals surface area contributed by atoms with Crippen LogP contribution in [0.4, 0.5) is 0 Å². The number of β-amino-alcohol motifs (C(OH)–C–C–N with tert-alkyl or cyclic N) is 1. The van der Waals surface area contributed by atoms with Crippen molar-refractivity contribution in [1.29, 1.82) is 0 Å². The third-order valence-corrected chi connectivity index (χ3v) is 2.89. The maximum atomic E-state index is 12.0. The lowest BCUT2D eigenvalue weighted by molar-refractivity contribution is -0.148. The molecule has 0 aromatic carbocycles. The van der Waals surface area contributed by atoms with Gasteiger partial charge in [0.25, 0.3) is 0 Å². The fourth-order valence-corrected chi connectivity index (χ4v) is 2.11. The predicted molar refractivity (Wildman–Crippen MR) is 61.2 cm³/mol. The Labute approximate surface area is 100 Å². The monoisotopic (exact) mass is 244 g/mol. The van der Waals surface area contributed by atoms with Crippen LogP contribution in [0.15, 0.2) is 0 Å². The van der Waals surface area contributed by atoms with Crippen molar-refractivity contribution in [1.82, 2.24) is 4.90 Å². The Morgan fingerprint density at radius 3 is 2.53 bits per heavy atom. The van der Waals surface area contributed by atoms with Crippen LogP contribution in [-0.2, 0) is 9.59 Å². The van der Waals surface area contributed by atoms with Crippen molar-refractivity contribution in [2.45, 2.75) is 44.9 Å². The van der Waals surface area contributed by atoms with Crippen LogP contribution in [0.5, 0.6) is 0 Å². The number of carbonyl (C=O) groups is 2. The highest BCUT2D eigenvalue weighted by molar-refractivity contribution is 5.87. The summed E-state index contributed by atoms with van der Waals surface area (Å²) in [5.74, 6) is -1.21. The molecule has 3 atom stereocenters. The summed E-state index contributed by atoms with van der Waals surface area (Å²) in [6.07, 6.45) is -0.181. The molecule has 98 valence electrons. The summed E-state index contributed by atoms with van der Waals surface area (Å²) in [7, 11) is 0. The first-order valence-corrected chi connectivity index (χ1v) is 5.79. The van der Waals surface area contributed by atoms with E-state index in [1.54, 1.807) is 0 Å². The zero-order chi connectivity index (χ0) is 13.2. The second kappa shape index (κ2) is 5.46.